The zero-order valence-electron chi connectivity index (χ0n) is 9.94. The van der Waals surface area contributed by atoms with Gasteiger partial charge >= 0.3 is 0 Å². The van der Waals surface area contributed by atoms with E-state index < -0.39 is 0 Å². The SMILES string of the molecule is Cc1ncsc1CNC(=O)c1ccc(CBr)cc1. The minimum absolute atomic E-state index is 0.0519. The Morgan fingerprint density at radius 3 is 2.67 bits per heavy atom. The highest BCUT2D eigenvalue weighted by molar-refractivity contribution is 9.08. The minimum atomic E-state index is -0.0519. The van der Waals surface area contributed by atoms with Crippen molar-refractivity contribution in [2.45, 2.75) is 18.8 Å². The van der Waals surface area contributed by atoms with Crippen molar-refractivity contribution in [3.05, 3.63) is 51.5 Å². The molecular formula is C13H13BrN2OS. The molecule has 0 saturated carbocycles. The average Bonchev–Trinajstić information content (AvgIpc) is 2.81. The molecule has 0 atom stereocenters. The van der Waals surface area contributed by atoms with Gasteiger partial charge in [-0.15, -0.1) is 11.3 Å². The molecule has 1 heterocycles. The molecule has 0 saturated heterocycles. The van der Waals surface area contributed by atoms with E-state index in [0.717, 1.165) is 21.5 Å². The zero-order valence-corrected chi connectivity index (χ0v) is 12.3. The molecule has 0 aliphatic carbocycles. The van der Waals surface area contributed by atoms with Crippen molar-refractivity contribution in [3.8, 4) is 0 Å². The van der Waals surface area contributed by atoms with Crippen LogP contribution in [-0.4, -0.2) is 10.9 Å². The number of alkyl halides is 1. The van der Waals surface area contributed by atoms with Crippen LogP contribution in [0, 0.1) is 6.92 Å². The van der Waals surface area contributed by atoms with E-state index in [1.165, 1.54) is 0 Å². The highest BCUT2D eigenvalue weighted by Gasteiger charge is 2.07. The first kappa shape index (κ1) is 13.2. The summed E-state index contributed by atoms with van der Waals surface area (Å²) in [7, 11) is 0. The van der Waals surface area contributed by atoms with Gasteiger partial charge < -0.3 is 5.32 Å². The predicted molar refractivity (Wildman–Crippen MR) is 77.1 cm³/mol. The second-order valence-electron chi connectivity index (χ2n) is 3.87. The van der Waals surface area contributed by atoms with E-state index in [1.54, 1.807) is 16.8 Å². The van der Waals surface area contributed by atoms with Gasteiger partial charge in [-0.25, -0.2) is 4.98 Å². The van der Waals surface area contributed by atoms with E-state index in [1.807, 2.05) is 31.2 Å². The van der Waals surface area contributed by atoms with Gasteiger partial charge in [0.2, 0.25) is 0 Å². The molecule has 1 aromatic heterocycles. The lowest BCUT2D eigenvalue weighted by Gasteiger charge is -2.05. The van der Waals surface area contributed by atoms with Gasteiger partial charge in [0.1, 0.15) is 0 Å². The molecule has 0 radical (unpaired) electrons. The molecule has 1 N–H and O–H groups in total. The minimum Gasteiger partial charge on any atom is -0.347 e. The molecule has 0 aliphatic heterocycles. The van der Waals surface area contributed by atoms with E-state index in [0.29, 0.717) is 12.1 Å². The lowest BCUT2D eigenvalue weighted by Crippen LogP contribution is -2.22. The van der Waals surface area contributed by atoms with Crippen LogP contribution in [0.5, 0.6) is 0 Å². The molecule has 0 fully saturated rings. The van der Waals surface area contributed by atoms with Gasteiger partial charge in [0.25, 0.3) is 5.91 Å². The molecule has 1 aromatic carbocycles. The molecule has 5 heteroatoms. The largest absolute Gasteiger partial charge is 0.347 e. The molecule has 18 heavy (non-hydrogen) atoms. The van der Waals surface area contributed by atoms with Gasteiger partial charge in [-0.05, 0) is 24.6 Å². The molecule has 2 rings (SSSR count). The van der Waals surface area contributed by atoms with Crippen molar-refractivity contribution in [2.24, 2.45) is 0 Å². The second kappa shape index (κ2) is 6.11. The number of rotatable bonds is 4. The number of amides is 1. The average molecular weight is 325 g/mol. The number of hydrogen-bond acceptors (Lipinski definition) is 3. The van der Waals surface area contributed by atoms with Crippen LogP contribution in [-0.2, 0) is 11.9 Å². The van der Waals surface area contributed by atoms with Crippen molar-refractivity contribution >= 4 is 33.2 Å². The van der Waals surface area contributed by atoms with Crippen molar-refractivity contribution in [3.63, 3.8) is 0 Å². The van der Waals surface area contributed by atoms with Gasteiger partial charge in [0.05, 0.1) is 17.7 Å². The molecule has 2 aromatic rings. The number of carbonyl (C=O) groups excluding carboxylic acids is 1. The Bertz CT molecular complexity index is 536. The molecule has 3 nitrogen and oxygen atoms in total. The zero-order chi connectivity index (χ0) is 13.0. The summed E-state index contributed by atoms with van der Waals surface area (Å²) in [4.78, 5) is 17.2. The maximum Gasteiger partial charge on any atom is 0.251 e. The second-order valence-corrected chi connectivity index (χ2v) is 5.37. The maximum absolute atomic E-state index is 11.9. The summed E-state index contributed by atoms with van der Waals surface area (Å²) in [6, 6.07) is 7.57. The first-order valence-corrected chi connectivity index (χ1v) is 7.53. The number of hydrogen-bond donors (Lipinski definition) is 1. The summed E-state index contributed by atoms with van der Waals surface area (Å²) in [6.07, 6.45) is 0. The number of nitrogens with zero attached hydrogens (tertiary/aromatic N) is 1. The lowest BCUT2D eigenvalue weighted by molar-refractivity contribution is 0.0951. The number of carbonyl (C=O) groups is 1. The lowest BCUT2D eigenvalue weighted by atomic mass is 10.1. The highest BCUT2D eigenvalue weighted by Crippen LogP contribution is 2.12. The first-order chi connectivity index (χ1) is 8.70. The quantitative estimate of drug-likeness (QED) is 0.877. The summed E-state index contributed by atoms with van der Waals surface area (Å²) in [6.45, 7) is 2.48. The summed E-state index contributed by atoms with van der Waals surface area (Å²) in [5, 5.41) is 3.70. The molecule has 94 valence electrons. The van der Waals surface area contributed by atoms with Gasteiger partial charge in [0, 0.05) is 15.8 Å². The van der Waals surface area contributed by atoms with E-state index >= 15 is 0 Å². The fraction of sp³-hybridized carbons (Fsp3) is 0.231. The third kappa shape index (κ3) is 3.17. The standard InChI is InChI=1S/C13H13BrN2OS/c1-9-12(18-8-16-9)7-15-13(17)11-4-2-10(6-14)3-5-11/h2-5,8H,6-7H2,1H3,(H,15,17). The Morgan fingerprint density at radius 2 is 2.11 bits per heavy atom. The van der Waals surface area contributed by atoms with Gasteiger partial charge in [-0.1, -0.05) is 28.1 Å². The fourth-order valence-electron chi connectivity index (χ4n) is 1.50. The van der Waals surface area contributed by atoms with E-state index in [9.17, 15) is 4.79 Å². The monoisotopic (exact) mass is 324 g/mol. The summed E-state index contributed by atoms with van der Waals surface area (Å²) < 4.78 is 0. The number of aromatic nitrogens is 1. The van der Waals surface area contributed by atoms with Crippen molar-refractivity contribution in [1.29, 1.82) is 0 Å². The Labute approximate surface area is 118 Å². The van der Waals surface area contributed by atoms with Crippen LogP contribution < -0.4 is 5.32 Å². The van der Waals surface area contributed by atoms with Crippen LogP contribution in [0.25, 0.3) is 0 Å². The van der Waals surface area contributed by atoms with Gasteiger partial charge in [0.15, 0.2) is 0 Å². The third-order valence-corrected chi connectivity index (χ3v) is 4.21. The molecule has 1 amide bonds. The highest BCUT2D eigenvalue weighted by atomic mass is 79.9. The van der Waals surface area contributed by atoms with Crippen LogP contribution in [0.1, 0.15) is 26.5 Å². The van der Waals surface area contributed by atoms with Crippen LogP contribution in [0.4, 0.5) is 0 Å². The summed E-state index contributed by atoms with van der Waals surface area (Å²) in [5.74, 6) is -0.0519. The number of nitrogens with one attached hydrogen (secondary N) is 1. The molecule has 0 unspecified atom stereocenters. The number of aryl methyl sites for hydroxylation is 1. The number of thiazole rings is 1. The van der Waals surface area contributed by atoms with Crippen LogP contribution >= 0.6 is 27.3 Å². The molecule has 0 bridgehead atoms. The number of halogens is 1. The Kier molecular flexibility index (Phi) is 4.49. The summed E-state index contributed by atoms with van der Waals surface area (Å²) in [5.41, 5.74) is 4.61. The predicted octanol–water partition coefficient (Wildman–Crippen LogP) is 3.28. The van der Waals surface area contributed by atoms with Crippen LogP contribution in [0.2, 0.25) is 0 Å². The van der Waals surface area contributed by atoms with Crippen molar-refractivity contribution in [1.82, 2.24) is 10.3 Å². The third-order valence-electron chi connectivity index (χ3n) is 2.62. The topological polar surface area (TPSA) is 42.0 Å². The first-order valence-electron chi connectivity index (χ1n) is 5.53. The van der Waals surface area contributed by atoms with Gasteiger partial charge in [-0.2, -0.15) is 0 Å². The molecule has 0 aliphatic rings. The fourth-order valence-corrected chi connectivity index (χ4v) is 2.59. The van der Waals surface area contributed by atoms with Crippen molar-refractivity contribution < 1.29 is 4.79 Å². The Balaban J connectivity index is 1.97. The Morgan fingerprint density at radius 1 is 1.39 bits per heavy atom. The number of benzene rings is 1. The van der Waals surface area contributed by atoms with Crippen LogP contribution in [0.3, 0.4) is 0 Å². The maximum atomic E-state index is 11.9. The normalized spacial score (nSPS) is 10.3. The van der Waals surface area contributed by atoms with Crippen LogP contribution in [0.15, 0.2) is 29.8 Å². The molecule has 0 spiro atoms. The van der Waals surface area contributed by atoms with E-state index in [2.05, 4.69) is 26.2 Å². The van der Waals surface area contributed by atoms with Crippen molar-refractivity contribution in [2.75, 3.05) is 0 Å². The smallest absolute Gasteiger partial charge is 0.251 e. The van der Waals surface area contributed by atoms with E-state index in [-0.39, 0.29) is 5.91 Å². The Hall–Kier alpha value is -1.20. The van der Waals surface area contributed by atoms with E-state index in [4.69, 9.17) is 0 Å². The van der Waals surface area contributed by atoms with Gasteiger partial charge in [-0.3, -0.25) is 4.79 Å². The molecular weight excluding hydrogens is 312 g/mol. The summed E-state index contributed by atoms with van der Waals surface area (Å²) >= 11 is 4.94.